The summed E-state index contributed by atoms with van der Waals surface area (Å²) in [6.45, 7) is 4.14. The first-order chi connectivity index (χ1) is 10.0. The second kappa shape index (κ2) is 6.70. The third-order valence-electron chi connectivity index (χ3n) is 3.80. The van der Waals surface area contributed by atoms with Crippen LogP contribution in [-0.4, -0.2) is 7.11 Å². The molecule has 0 aromatic heterocycles. The van der Waals surface area contributed by atoms with E-state index in [0.29, 0.717) is 17.7 Å². The van der Waals surface area contributed by atoms with Crippen molar-refractivity contribution in [3.63, 3.8) is 0 Å². The average Bonchev–Trinajstić information content (AvgIpc) is 2.48. The Morgan fingerprint density at radius 2 is 1.90 bits per heavy atom. The highest BCUT2D eigenvalue weighted by molar-refractivity contribution is 5.34. The molecule has 1 atom stereocenters. The maximum atomic E-state index is 14.1. The predicted octanol–water partition coefficient (Wildman–Crippen LogP) is 3.20. The van der Waals surface area contributed by atoms with Crippen molar-refractivity contribution < 1.29 is 9.13 Å². The Bertz CT molecular complexity index is 628. The number of ether oxygens (including phenoxy) is 1. The van der Waals surface area contributed by atoms with Gasteiger partial charge in [0.25, 0.3) is 0 Å². The van der Waals surface area contributed by atoms with Crippen LogP contribution in [0.5, 0.6) is 5.75 Å². The number of nitrogens with two attached hydrogens (primary N) is 1. The van der Waals surface area contributed by atoms with Crippen LogP contribution in [-0.2, 0) is 6.42 Å². The molecule has 1 unspecified atom stereocenters. The Balaban J connectivity index is 2.25. The molecule has 2 rings (SSSR count). The second-order valence-corrected chi connectivity index (χ2v) is 5.23. The smallest absolute Gasteiger partial charge is 0.131 e. The van der Waals surface area contributed by atoms with Crippen LogP contribution in [0, 0.1) is 19.7 Å². The van der Waals surface area contributed by atoms with E-state index in [2.05, 4.69) is 31.4 Å². The fraction of sp³-hybridized carbons (Fsp3) is 0.294. The standard InChI is InChI=1S/C17H21FN2O/c1-11-4-5-13(8-12(11)2)9-17(20-19)15-7-6-14(21-3)10-16(15)18/h4-8,10,17,20H,9,19H2,1-3H3. The third-order valence-corrected chi connectivity index (χ3v) is 3.80. The average molecular weight is 288 g/mol. The highest BCUT2D eigenvalue weighted by Gasteiger charge is 2.16. The van der Waals surface area contributed by atoms with Gasteiger partial charge in [0.05, 0.1) is 13.2 Å². The van der Waals surface area contributed by atoms with Crippen molar-refractivity contribution in [3.8, 4) is 5.75 Å². The van der Waals surface area contributed by atoms with E-state index in [9.17, 15) is 4.39 Å². The fourth-order valence-corrected chi connectivity index (χ4v) is 2.34. The monoisotopic (exact) mass is 288 g/mol. The van der Waals surface area contributed by atoms with E-state index in [1.807, 2.05) is 6.07 Å². The van der Waals surface area contributed by atoms with Crippen LogP contribution in [0.1, 0.15) is 28.3 Å². The van der Waals surface area contributed by atoms with Crippen molar-refractivity contribution in [2.75, 3.05) is 7.11 Å². The molecule has 112 valence electrons. The largest absolute Gasteiger partial charge is 0.497 e. The molecule has 0 amide bonds. The van der Waals surface area contributed by atoms with Crippen LogP contribution in [0.3, 0.4) is 0 Å². The Hall–Kier alpha value is -1.91. The predicted molar refractivity (Wildman–Crippen MR) is 82.6 cm³/mol. The summed E-state index contributed by atoms with van der Waals surface area (Å²) in [5.41, 5.74) is 6.82. The lowest BCUT2D eigenvalue weighted by atomic mass is 9.96. The minimum atomic E-state index is -0.318. The molecule has 0 aliphatic carbocycles. The van der Waals surface area contributed by atoms with Crippen molar-refractivity contribution in [3.05, 3.63) is 64.5 Å². The molecule has 0 radical (unpaired) electrons. The van der Waals surface area contributed by atoms with Gasteiger partial charge in [-0.15, -0.1) is 0 Å². The number of hydrogen-bond acceptors (Lipinski definition) is 3. The van der Waals surface area contributed by atoms with E-state index in [-0.39, 0.29) is 11.9 Å². The third kappa shape index (κ3) is 3.60. The number of aryl methyl sites for hydroxylation is 2. The van der Waals surface area contributed by atoms with E-state index in [0.717, 1.165) is 5.56 Å². The molecule has 4 heteroatoms. The van der Waals surface area contributed by atoms with Crippen molar-refractivity contribution >= 4 is 0 Å². The Morgan fingerprint density at radius 1 is 1.14 bits per heavy atom. The van der Waals surface area contributed by atoms with Crippen LogP contribution in [0.25, 0.3) is 0 Å². The minimum Gasteiger partial charge on any atom is -0.497 e. The number of hydrazine groups is 1. The molecule has 2 aromatic carbocycles. The van der Waals surface area contributed by atoms with Crippen molar-refractivity contribution in [1.82, 2.24) is 5.43 Å². The summed E-state index contributed by atoms with van der Waals surface area (Å²) in [7, 11) is 1.52. The maximum Gasteiger partial charge on any atom is 0.131 e. The molecule has 0 saturated carbocycles. The van der Waals surface area contributed by atoms with Crippen LogP contribution < -0.4 is 16.0 Å². The number of benzene rings is 2. The molecule has 0 spiro atoms. The topological polar surface area (TPSA) is 47.3 Å². The highest BCUT2D eigenvalue weighted by atomic mass is 19.1. The van der Waals surface area contributed by atoms with E-state index < -0.39 is 0 Å². The molecule has 0 heterocycles. The van der Waals surface area contributed by atoms with Crippen LogP contribution in [0.2, 0.25) is 0 Å². The molecule has 0 saturated heterocycles. The second-order valence-electron chi connectivity index (χ2n) is 5.23. The zero-order valence-corrected chi connectivity index (χ0v) is 12.6. The molecule has 0 aliphatic rings. The molecular formula is C17H21FN2O. The van der Waals surface area contributed by atoms with Crippen LogP contribution in [0.15, 0.2) is 36.4 Å². The van der Waals surface area contributed by atoms with E-state index in [1.54, 1.807) is 12.1 Å². The molecular weight excluding hydrogens is 267 g/mol. The SMILES string of the molecule is COc1ccc(C(Cc2ccc(C)c(C)c2)NN)c(F)c1. The number of halogens is 1. The molecule has 0 aliphatic heterocycles. The van der Waals surface area contributed by atoms with Crippen LogP contribution in [0.4, 0.5) is 4.39 Å². The number of rotatable bonds is 5. The Kier molecular flexibility index (Phi) is 4.94. The number of methoxy groups -OCH3 is 1. The zero-order chi connectivity index (χ0) is 15.4. The fourth-order valence-electron chi connectivity index (χ4n) is 2.34. The molecule has 3 nitrogen and oxygen atoms in total. The van der Waals surface area contributed by atoms with Gasteiger partial charge in [-0.3, -0.25) is 11.3 Å². The minimum absolute atomic E-state index is 0.280. The van der Waals surface area contributed by atoms with Crippen LogP contribution >= 0.6 is 0 Å². The first-order valence-electron chi connectivity index (χ1n) is 6.91. The first-order valence-corrected chi connectivity index (χ1v) is 6.91. The van der Waals surface area contributed by atoms with Gasteiger partial charge in [0, 0.05) is 11.6 Å². The van der Waals surface area contributed by atoms with E-state index in [1.165, 1.54) is 24.3 Å². The summed E-state index contributed by atoms with van der Waals surface area (Å²) in [6.07, 6.45) is 0.626. The maximum absolute atomic E-state index is 14.1. The van der Waals surface area contributed by atoms with Gasteiger partial charge in [-0.05, 0) is 43.0 Å². The summed E-state index contributed by atoms with van der Waals surface area (Å²) < 4.78 is 19.2. The van der Waals surface area contributed by atoms with E-state index in [4.69, 9.17) is 10.6 Å². The van der Waals surface area contributed by atoms with Crippen molar-refractivity contribution in [2.24, 2.45) is 5.84 Å². The summed E-state index contributed by atoms with van der Waals surface area (Å²) in [6, 6.07) is 10.8. The van der Waals surface area contributed by atoms with Gasteiger partial charge in [0.2, 0.25) is 0 Å². The first kappa shape index (κ1) is 15.5. The van der Waals surface area contributed by atoms with Gasteiger partial charge >= 0.3 is 0 Å². The summed E-state index contributed by atoms with van der Waals surface area (Å²) >= 11 is 0. The Morgan fingerprint density at radius 3 is 2.48 bits per heavy atom. The van der Waals surface area contributed by atoms with Gasteiger partial charge < -0.3 is 4.74 Å². The molecule has 21 heavy (non-hydrogen) atoms. The lowest BCUT2D eigenvalue weighted by molar-refractivity contribution is 0.409. The molecule has 2 aromatic rings. The van der Waals surface area contributed by atoms with Gasteiger partial charge in [0.1, 0.15) is 11.6 Å². The molecule has 3 N–H and O–H groups in total. The number of nitrogens with one attached hydrogen (secondary N) is 1. The lowest BCUT2D eigenvalue weighted by Gasteiger charge is -2.18. The molecule has 0 bridgehead atoms. The zero-order valence-electron chi connectivity index (χ0n) is 12.6. The Labute approximate surface area is 124 Å². The van der Waals surface area contributed by atoms with Gasteiger partial charge in [-0.1, -0.05) is 24.3 Å². The van der Waals surface area contributed by atoms with Gasteiger partial charge in [0.15, 0.2) is 0 Å². The lowest BCUT2D eigenvalue weighted by Crippen LogP contribution is -2.30. The van der Waals surface area contributed by atoms with Gasteiger partial charge in [-0.2, -0.15) is 0 Å². The normalized spacial score (nSPS) is 12.2. The van der Waals surface area contributed by atoms with Gasteiger partial charge in [-0.25, -0.2) is 4.39 Å². The van der Waals surface area contributed by atoms with Crippen molar-refractivity contribution in [2.45, 2.75) is 26.3 Å². The number of hydrogen-bond donors (Lipinski definition) is 2. The molecule has 0 fully saturated rings. The van der Waals surface area contributed by atoms with Crippen molar-refractivity contribution in [1.29, 1.82) is 0 Å². The summed E-state index contributed by atoms with van der Waals surface area (Å²) in [5, 5.41) is 0. The summed E-state index contributed by atoms with van der Waals surface area (Å²) in [5.74, 6) is 5.79. The highest BCUT2D eigenvalue weighted by Crippen LogP contribution is 2.25. The quantitative estimate of drug-likeness (QED) is 0.656. The summed E-state index contributed by atoms with van der Waals surface area (Å²) in [4.78, 5) is 0. The van der Waals surface area contributed by atoms with E-state index >= 15 is 0 Å².